The molecule has 6 nitrogen and oxygen atoms in total. The molecule has 0 spiro atoms. The van der Waals surface area contributed by atoms with E-state index in [1.165, 1.54) is 25.3 Å². The Morgan fingerprint density at radius 2 is 2.28 bits per heavy atom. The second-order valence-electron chi connectivity index (χ2n) is 4.03. The molecule has 0 radical (unpaired) electrons. The molecular formula is C11H12ClNO5. The SMILES string of the molecule is COC1C(O)CC1Oc1cc(Cl)ccc1[N+](=O)[O-]. The van der Waals surface area contributed by atoms with Crippen LogP contribution in [0.3, 0.4) is 0 Å². The van der Waals surface area contributed by atoms with Crippen molar-refractivity contribution in [3.63, 3.8) is 0 Å². The third-order valence-electron chi connectivity index (χ3n) is 2.89. The van der Waals surface area contributed by atoms with Crippen molar-refractivity contribution in [1.29, 1.82) is 0 Å². The average Bonchev–Trinajstić information content (AvgIpc) is 2.28. The fourth-order valence-corrected chi connectivity index (χ4v) is 2.04. The number of rotatable bonds is 4. The Kier molecular flexibility index (Phi) is 3.70. The molecule has 1 fully saturated rings. The minimum absolute atomic E-state index is 0.0893. The molecule has 3 unspecified atom stereocenters. The van der Waals surface area contributed by atoms with Crippen LogP contribution in [0.2, 0.25) is 5.02 Å². The van der Waals surface area contributed by atoms with Gasteiger partial charge >= 0.3 is 5.69 Å². The molecule has 98 valence electrons. The molecule has 0 aromatic heterocycles. The maximum Gasteiger partial charge on any atom is 0.311 e. The van der Waals surface area contributed by atoms with Crippen molar-refractivity contribution < 1.29 is 19.5 Å². The lowest BCUT2D eigenvalue weighted by atomic mass is 9.88. The number of nitro groups is 1. The highest BCUT2D eigenvalue weighted by Gasteiger charge is 2.43. The number of hydrogen-bond acceptors (Lipinski definition) is 5. The monoisotopic (exact) mass is 273 g/mol. The minimum Gasteiger partial charge on any atom is -0.480 e. The van der Waals surface area contributed by atoms with E-state index >= 15 is 0 Å². The molecule has 3 atom stereocenters. The Bertz CT molecular complexity index is 467. The summed E-state index contributed by atoms with van der Waals surface area (Å²) in [7, 11) is 1.45. The van der Waals surface area contributed by atoms with Crippen LogP contribution < -0.4 is 4.74 Å². The standard InChI is InChI=1S/C11H12ClNO5/c1-17-11-8(14)5-10(11)18-9-4-6(12)2-3-7(9)13(15)16/h2-4,8,10-11,14H,5H2,1H3. The fourth-order valence-electron chi connectivity index (χ4n) is 1.88. The van der Waals surface area contributed by atoms with Crippen molar-refractivity contribution in [1.82, 2.24) is 0 Å². The number of methoxy groups -OCH3 is 1. The van der Waals surface area contributed by atoms with Gasteiger partial charge in [0, 0.05) is 30.7 Å². The molecule has 1 aliphatic carbocycles. The second kappa shape index (κ2) is 5.09. The first kappa shape index (κ1) is 13.1. The maximum absolute atomic E-state index is 10.8. The topological polar surface area (TPSA) is 81.8 Å². The quantitative estimate of drug-likeness (QED) is 0.668. The van der Waals surface area contributed by atoms with E-state index in [-0.39, 0.29) is 11.4 Å². The van der Waals surface area contributed by atoms with E-state index in [0.29, 0.717) is 11.4 Å². The van der Waals surface area contributed by atoms with Crippen LogP contribution in [-0.4, -0.2) is 35.5 Å². The molecule has 0 heterocycles. The van der Waals surface area contributed by atoms with E-state index in [2.05, 4.69) is 0 Å². The van der Waals surface area contributed by atoms with Crippen LogP contribution in [0.4, 0.5) is 5.69 Å². The molecule has 1 saturated carbocycles. The average molecular weight is 274 g/mol. The molecule has 0 amide bonds. The molecule has 1 N–H and O–H groups in total. The lowest BCUT2D eigenvalue weighted by molar-refractivity contribution is -0.386. The minimum atomic E-state index is -0.599. The summed E-state index contributed by atoms with van der Waals surface area (Å²) >= 11 is 5.78. The summed E-state index contributed by atoms with van der Waals surface area (Å²) < 4.78 is 10.5. The number of benzene rings is 1. The lowest BCUT2D eigenvalue weighted by Gasteiger charge is -2.39. The highest BCUT2D eigenvalue weighted by Crippen LogP contribution is 2.35. The van der Waals surface area contributed by atoms with Crippen molar-refractivity contribution in [2.75, 3.05) is 7.11 Å². The zero-order valence-corrected chi connectivity index (χ0v) is 10.3. The number of nitrogens with zero attached hydrogens (tertiary/aromatic N) is 1. The molecule has 18 heavy (non-hydrogen) atoms. The summed E-state index contributed by atoms with van der Waals surface area (Å²) in [5, 5.41) is 20.6. The predicted octanol–water partition coefficient (Wildman–Crippen LogP) is 1.78. The van der Waals surface area contributed by atoms with Gasteiger partial charge in [-0.1, -0.05) is 11.6 Å². The smallest absolute Gasteiger partial charge is 0.311 e. The first-order valence-corrected chi connectivity index (χ1v) is 5.72. The summed E-state index contributed by atoms with van der Waals surface area (Å²) in [4.78, 5) is 10.3. The second-order valence-corrected chi connectivity index (χ2v) is 4.47. The molecule has 1 aliphatic rings. The highest BCUT2D eigenvalue weighted by atomic mass is 35.5. The largest absolute Gasteiger partial charge is 0.480 e. The van der Waals surface area contributed by atoms with E-state index in [9.17, 15) is 15.2 Å². The van der Waals surface area contributed by atoms with E-state index in [0.717, 1.165) is 0 Å². The Balaban J connectivity index is 2.18. The van der Waals surface area contributed by atoms with Gasteiger partial charge in [0.1, 0.15) is 12.2 Å². The Labute approximate surface area is 108 Å². The predicted molar refractivity (Wildman–Crippen MR) is 63.9 cm³/mol. The zero-order valence-electron chi connectivity index (χ0n) is 9.58. The van der Waals surface area contributed by atoms with Gasteiger partial charge in [-0.15, -0.1) is 0 Å². The normalized spacial score (nSPS) is 26.5. The number of halogens is 1. The molecule has 0 saturated heterocycles. The number of aliphatic hydroxyl groups excluding tert-OH is 1. The van der Waals surface area contributed by atoms with E-state index in [1.54, 1.807) is 0 Å². The van der Waals surface area contributed by atoms with Gasteiger partial charge in [-0.05, 0) is 6.07 Å². The zero-order chi connectivity index (χ0) is 13.3. The number of hydrogen-bond donors (Lipinski definition) is 1. The van der Waals surface area contributed by atoms with Gasteiger partial charge in [-0.25, -0.2) is 0 Å². The van der Waals surface area contributed by atoms with Crippen molar-refractivity contribution in [3.05, 3.63) is 33.3 Å². The van der Waals surface area contributed by atoms with Gasteiger partial charge < -0.3 is 14.6 Å². The number of nitro benzene ring substituents is 1. The summed E-state index contributed by atoms with van der Waals surface area (Å²) in [6.45, 7) is 0. The molecule has 1 aromatic rings. The summed E-state index contributed by atoms with van der Waals surface area (Å²) in [6, 6.07) is 4.10. The Morgan fingerprint density at radius 3 is 2.83 bits per heavy atom. The molecule has 0 aliphatic heterocycles. The first-order chi connectivity index (χ1) is 8.52. The molecular weight excluding hydrogens is 262 g/mol. The van der Waals surface area contributed by atoms with Crippen LogP contribution in [0.15, 0.2) is 18.2 Å². The van der Waals surface area contributed by atoms with Gasteiger partial charge in [-0.2, -0.15) is 0 Å². The van der Waals surface area contributed by atoms with Crippen molar-refractivity contribution in [2.45, 2.75) is 24.7 Å². The number of aliphatic hydroxyl groups is 1. The molecule has 1 aromatic carbocycles. The van der Waals surface area contributed by atoms with Crippen LogP contribution in [0.5, 0.6) is 5.75 Å². The van der Waals surface area contributed by atoms with Crippen molar-refractivity contribution >= 4 is 17.3 Å². The van der Waals surface area contributed by atoms with Gasteiger partial charge in [0.25, 0.3) is 0 Å². The maximum atomic E-state index is 10.8. The van der Waals surface area contributed by atoms with E-state index in [1.807, 2.05) is 0 Å². The van der Waals surface area contributed by atoms with Gasteiger partial charge in [0.05, 0.1) is 11.0 Å². The molecule has 2 rings (SSSR count). The van der Waals surface area contributed by atoms with Crippen LogP contribution in [0.1, 0.15) is 6.42 Å². The molecule has 0 bridgehead atoms. The number of ether oxygens (including phenoxy) is 2. The van der Waals surface area contributed by atoms with E-state index in [4.69, 9.17) is 21.1 Å². The fraction of sp³-hybridized carbons (Fsp3) is 0.455. The van der Waals surface area contributed by atoms with Gasteiger partial charge in [0.2, 0.25) is 0 Å². The van der Waals surface area contributed by atoms with E-state index < -0.39 is 23.2 Å². The van der Waals surface area contributed by atoms with Crippen molar-refractivity contribution in [2.24, 2.45) is 0 Å². The van der Waals surface area contributed by atoms with Crippen molar-refractivity contribution in [3.8, 4) is 5.75 Å². The lowest BCUT2D eigenvalue weighted by Crippen LogP contribution is -2.54. The summed E-state index contributed by atoms with van der Waals surface area (Å²) in [5.41, 5.74) is -0.157. The Hall–Kier alpha value is -1.37. The van der Waals surface area contributed by atoms with Crippen LogP contribution >= 0.6 is 11.6 Å². The van der Waals surface area contributed by atoms with Crippen LogP contribution in [0, 0.1) is 10.1 Å². The van der Waals surface area contributed by atoms with Gasteiger partial charge in [0.15, 0.2) is 5.75 Å². The molecule has 7 heteroatoms. The third kappa shape index (κ3) is 2.40. The third-order valence-corrected chi connectivity index (χ3v) is 3.12. The summed E-state index contributed by atoms with van der Waals surface area (Å²) in [6.07, 6.45) is -1.09. The summed E-state index contributed by atoms with van der Waals surface area (Å²) in [5.74, 6) is 0.0893. The van der Waals surface area contributed by atoms with Crippen LogP contribution in [-0.2, 0) is 4.74 Å². The van der Waals surface area contributed by atoms with Crippen LogP contribution in [0.25, 0.3) is 0 Å². The Morgan fingerprint density at radius 1 is 1.56 bits per heavy atom. The first-order valence-electron chi connectivity index (χ1n) is 5.34. The van der Waals surface area contributed by atoms with Gasteiger partial charge in [-0.3, -0.25) is 10.1 Å². The highest BCUT2D eigenvalue weighted by molar-refractivity contribution is 6.30.